The molecule has 0 atom stereocenters. The largest absolute Gasteiger partial charge is 0.346 e. The van der Waals surface area contributed by atoms with Crippen LogP contribution in [0.15, 0.2) is 12.5 Å². The molecule has 6 heterocycles. The molecule has 4 aromatic heterocycles. The van der Waals surface area contributed by atoms with Gasteiger partial charge in [-0.3, -0.25) is 9.69 Å². The molecule has 39 heavy (non-hydrogen) atoms. The van der Waals surface area contributed by atoms with Crippen LogP contribution >= 0.6 is 11.3 Å². The Morgan fingerprint density at radius 1 is 1.08 bits per heavy atom. The van der Waals surface area contributed by atoms with Crippen molar-refractivity contribution in [2.45, 2.75) is 84.6 Å². The van der Waals surface area contributed by atoms with E-state index in [0.29, 0.717) is 23.8 Å². The predicted octanol–water partition coefficient (Wildman–Crippen LogP) is 6.18. The molecule has 1 aliphatic carbocycles. The Morgan fingerprint density at radius 3 is 2.49 bits per heavy atom. The molecular formula is C31H40N6OS. The van der Waals surface area contributed by atoms with Crippen molar-refractivity contribution in [2.75, 3.05) is 26.7 Å². The first-order chi connectivity index (χ1) is 18.7. The van der Waals surface area contributed by atoms with Gasteiger partial charge in [0, 0.05) is 54.7 Å². The summed E-state index contributed by atoms with van der Waals surface area (Å²) in [6, 6.07) is 0.645. The highest BCUT2D eigenvalue weighted by Gasteiger charge is 2.55. The topological polar surface area (TPSA) is 69.5 Å². The van der Waals surface area contributed by atoms with Crippen molar-refractivity contribution in [3.63, 3.8) is 0 Å². The quantitative estimate of drug-likeness (QED) is 0.333. The van der Waals surface area contributed by atoms with E-state index in [1.807, 2.05) is 27.8 Å². The molecule has 0 bridgehead atoms. The zero-order valence-corrected chi connectivity index (χ0v) is 24.9. The molecule has 0 unspecified atom stereocenters. The van der Waals surface area contributed by atoms with Crippen molar-refractivity contribution in [2.24, 2.45) is 5.41 Å². The summed E-state index contributed by atoms with van der Waals surface area (Å²) in [5, 5.41) is 5.88. The number of hydrogen-bond acceptors (Lipinski definition) is 5. The van der Waals surface area contributed by atoms with Crippen molar-refractivity contribution in [3.8, 4) is 11.3 Å². The number of thiophene rings is 1. The third-order valence-corrected chi connectivity index (χ3v) is 11.6. The molecule has 7 rings (SSSR count). The number of nitrogens with zero attached hydrogens (tertiary/aromatic N) is 5. The van der Waals surface area contributed by atoms with E-state index in [2.05, 4.69) is 60.8 Å². The Labute approximate surface area is 234 Å². The maximum absolute atomic E-state index is 12.6. The minimum atomic E-state index is -0.0605. The van der Waals surface area contributed by atoms with Gasteiger partial charge in [-0.2, -0.15) is 5.10 Å². The Balaban J connectivity index is 1.14. The van der Waals surface area contributed by atoms with Gasteiger partial charge in [0.1, 0.15) is 11.2 Å². The summed E-state index contributed by atoms with van der Waals surface area (Å²) in [4.78, 5) is 28.4. The molecule has 1 N–H and O–H groups in total. The number of aromatic nitrogens is 4. The molecule has 206 valence electrons. The Bertz CT molecular complexity index is 1590. The summed E-state index contributed by atoms with van der Waals surface area (Å²) < 4.78 is 1.91. The summed E-state index contributed by atoms with van der Waals surface area (Å²) in [5.41, 5.74) is 8.68. The van der Waals surface area contributed by atoms with Crippen molar-refractivity contribution in [1.82, 2.24) is 29.4 Å². The average molecular weight is 545 g/mol. The molecule has 8 heteroatoms. The van der Waals surface area contributed by atoms with Crippen LogP contribution < -0.4 is 0 Å². The fourth-order valence-corrected chi connectivity index (χ4v) is 9.26. The third-order valence-electron chi connectivity index (χ3n) is 10.3. The maximum atomic E-state index is 12.6. The second-order valence-corrected chi connectivity index (χ2v) is 13.9. The van der Waals surface area contributed by atoms with Gasteiger partial charge in [-0.25, -0.2) is 9.50 Å². The first kappa shape index (κ1) is 25.3. The first-order valence-electron chi connectivity index (χ1n) is 14.6. The monoisotopic (exact) mass is 544 g/mol. The van der Waals surface area contributed by atoms with E-state index < -0.39 is 0 Å². The fraction of sp³-hybridized carbons (Fsp3) is 0.581. The van der Waals surface area contributed by atoms with Gasteiger partial charge in [-0.15, -0.1) is 11.3 Å². The van der Waals surface area contributed by atoms with Gasteiger partial charge in [0.05, 0.1) is 11.1 Å². The van der Waals surface area contributed by atoms with Crippen molar-refractivity contribution < 1.29 is 4.79 Å². The summed E-state index contributed by atoms with van der Waals surface area (Å²) >= 11 is 1.98. The lowest BCUT2D eigenvalue weighted by Crippen LogP contribution is -2.63. The molecule has 1 saturated carbocycles. The second kappa shape index (κ2) is 8.90. The molecule has 7 nitrogen and oxygen atoms in total. The predicted molar refractivity (Wildman–Crippen MR) is 158 cm³/mol. The van der Waals surface area contributed by atoms with Crippen LogP contribution in [-0.2, 0) is 4.79 Å². The van der Waals surface area contributed by atoms with Gasteiger partial charge in [0.15, 0.2) is 5.65 Å². The smallest absolute Gasteiger partial charge is 0.231 e. The number of aryl methyl sites for hydroxylation is 2. The van der Waals surface area contributed by atoms with Gasteiger partial charge >= 0.3 is 0 Å². The third kappa shape index (κ3) is 3.67. The number of carbonyl (C=O) groups excluding carboxylic acids is 1. The molecular weight excluding hydrogens is 504 g/mol. The van der Waals surface area contributed by atoms with E-state index in [4.69, 9.17) is 0 Å². The van der Waals surface area contributed by atoms with Crippen LogP contribution in [0.5, 0.6) is 0 Å². The lowest BCUT2D eigenvalue weighted by molar-refractivity contribution is -0.146. The van der Waals surface area contributed by atoms with Crippen LogP contribution in [0.3, 0.4) is 0 Å². The molecule has 4 aromatic rings. The van der Waals surface area contributed by atoms with Gasteiger partial charge in [0.25, 0.3) is 0 Å². The Hall–Kier alpha value is -2.71. The number of fused-ring (bicyclic) bond motifs is 2. The SMILES string of the molecule is Cc1c(-c2[nH]c3sc(C4CCC(N5CC6(CCN(C)C6=O)C5)CC4)c(C)c3c2C(C)C)cn2ncnc2c1C. The van der Waals surface area contributed by atoms with Gasteiger partial charge < -0.3 is 9.88 Å². The lowest BCUT2D eigenvalue weighted by Gasteiger charge is -2.51. The summed E-state index contributed by atoms with van der Waals surface area (Å²) in [6.07, 6.45) is 9.80. The maximum Gasteiger partial charge on any atom is 0.231 e. The standard InChI is InChI=1S/C31H40N6OS/c1-17(2)24-25-20(5)27(21-7-9-22(10-8-21)36-14-31(15-36)11-12-35(6)30(31)38)39-29(25)34-26(24)23-13-37-28(32-16-33-37)19(4)18(23)3/h13,16-17,21-22,34H,7-12,14-15H2,1-6H3. The number of aromatic amines is 1. The Morgan fingerprint density at radius 2 is 1.82 bits per heavy atom. The summed E-state index contributed by atoms with van der Waals surface area (Å²) in [5.74, 6) is 1.43. The zero-order valence-electron chi connectivity index (χ0n) is 24.1. The van der Waals surface area contributed by atoms with Crippen LogP contribution in [0, 0.1) is 26.2 Å². The number of carbonyl (C=O) groups is 1. The number of hydrogen-bond donors (Lipinski definition) is 1. The summed E-state index contributed by atoms with van der Waals surface area (Å²) in [6.45, 7) is 14.2. The van der Waals surface area contributed by atoms with E-state index >= 15 is 0 Å². The zero-order chi connectivity index (χ0) is 27.2. The van der Waals surface area contributed by atoms with E-state index in [9.17, 15) is 4.79 Å². The van der Waals surface area contributed by atoms with Crippen molar-refractivity contribution in [3.05, 3.63) is 39.7 Å². The lowest BCUT2D eigenvalue weighted by atomic mass is 9.74. The normalized spacial score (nSPS) is 23.7. The Kier molecular flexibility index (Phi) is 5.77. The molecule has 1 amide bonds. The molecule has 2 aliphatic heterocycles. The highest BCUT2D eigenvalue weighted by atomic mass is 32.1. The van der Waals surface area contributed by atoms with Gasteiger partial charge in [-0.1, -0.05) is 13.8 Å². The average Bonchev–Trinajstić information content (AvgIpc) is 3.65. The van der Waals surface area contributed by atoms with Gasteiger partial charge in [0.2, 0.25) is 5.91 Å². The minimum Gasteiger partial charge on any atom is -0.346 e. The van der Waals surface area contributed by atoms with Crippen LogP contribution in [-0.4, -0.2) is 68.0 Å². The van der Waals surface area contributed by atoms with Crippen LogP contribution in [0.2, 0.25) is 0 Å². The number of nitrogens with one attached hydrogen (secondary N) is 1. The van der Waals surface area contributed by atoms with Crippen molar-refractivity contribution in [1.29, 1.82) is 0 Å². The second-order valence-electron chi connectivity index (χ2n) is 12.9. The van der Waals surface area contributed by atoms with Crippen LogP contribution in [0.1, 0.15) is 84.9 Å². The van der Waals surface area contributed by atoms with Crippen molar-refractivity contribution >= 4 is 33.1 Å². The van der Waals surface area contributed by atoms with Crippen LogP contribution in [0.25, 0.3) is 27.1 Å². The number of amides is 1. The molecule has 3 aliphatic rings. The van der Waals surface area contributed by atoms with E-state index in [1.165, 1.54) is 69.4 Å². The molecule has 3 fully saturated rings. The number of pyridine rings is 1. The van der Waals surface area contributed by atoms with E-state index in [0.717, 1.165) is 31.7 Å². The molecule has 0 radical (unpaired) electrons. The molecule has 0 aromatic carbocycles. The van der Waals surface area contributed by atoms with E-state index in [1.54, 1.807) is 11.2 Å². The van der Waals surface area contributed by atoms with E-state index in [-0.39, 0.29) is 5.41 Å². The minimum absolute atomic E-state index is 0.0605. The highest BCUT2D eigenvalue weighted by Crippen LogP contribution is 2.49. The van der Waals surface area contributed by atoms with Gasteiger partial charge in [-0.05, 0) is 87.0 Å². The fourth-order valence-electron chi connectivity index (χ4n) is 7.86. The molecule has 2 saturated heterocycles. The number of rotatable bonds is 4. The number of H-pyrrole nitrogens is 1. The molecule has 1 spiro atoms. The first-order valence-corrected chi connectivity index (χ1v) is 15.4. The number of likely N-dealkylation sites (tertiary alicyclic amines) is 2. The highest BCUT2D eigenvalue weighted by molar-refractivity contribution is 7.19. The van der Waals surface area contributed by atoms with Crippen LogP contribution in [0.4, 0.5) is 0 Å². The summed E-state index contributed by atoms with van der Waals surface area (Å²) in [7, 11) is 1.96.